The van der Waals surface area contributed by atoms with E-state index in [9.17, 15) is 13.2 Å². The molecule has 0 amide bonds. The van der Waals surface area contributed by atoms with Crippen LogP contribution in [0.15, 0.2) is 24.3 Å². The molecule has 0 unspecified atom stereocenters. The van der Waals surface area contributed by atoms with E-state index in [4.69, 9.17) is 4.74 Å². The highest BCUT2D eigenvalue weighted by molar-refractivity contribution is 5.60. The lowest BCUT2D eigenvalue weighted by Crippen LogP contribution is -1.88. The largest absolute Gasteiger partial charge is 0.494 e. The van der Waals surface area contributed by atoms with Crippen molar-refractivity contribution in [3.05, 3.63) is 35.8 Å². The minimum atomic E-state index is -2.63. The maximum Gasteiger partial charge on any atom is 0.279 e. The van der Waals surface area contributed by atoms with Gasteiger partial charge in [0.25, 0.3) is 6.43 Å². The number of benzene rings is 1. The molecule has 0 aliphatic heterocycles. The minimum absolute atomic E-state index is 0.0957. The quantitative estimate of drug-likeness (QED) is 0.897. The van der Waals surface area contributed by atoms with Gasteiger partial charge < -0.3 is 4.74 Å². The van der Waals surface area contributed by atoms with Gasteiger partial charge >= 0.3 is 0 Å². The van der Waals surface area contributed by atoms with Gasteiger partial charge in [0.1, 0.15) is 5.69 Å². The molecular formula is C11H9F3N2O. The second-order valence-corrected chi connectivity index (χ2v) is 3.36. The van der Waals surface area contributed by atoms with E-state index in [-0.39, 0.29) is 17.1 Å². The molecule has 0 spiro atoms. The van der Waals surface area contributed by atoms with E-state index in [1.807, 2.05) is 0 Å². The third-order valence-electron chi connectivity index (χ3n) is 2.28. The fourth-order valence-electron chi connectivity index (χ4n) is 1.42. The summed E-state index contributed by atoms with van der Waals surface area (Å²) in [6.07, 6.45) is -2.63. The molecule has 17 heavy (non-hydrogen) atoms. The number of aromatic nitrogens is 2. The minimum Gasteiger partial charge on any atom is -0.494 e. The number of nitrogens with one attached hydrogen (secondary N) is 1. The van der Waals surface area contributed by atoms with Crippen molar-refractivity contribution in [2.24, 2.45) is 0 Å². The highest BCUT2D eigenvalue weighted by atomic mass is 19.3. The summed E-state index contributed by atoms with van der Waals surface area (Å²) < 4.78 is 42.8. The lowest BCUT2D eigenvalue weighted by molar-refractivity contribution is 0.146. The standard InChI is InChI=1S/C11H9F3N2O/c1-17-10-3-2-6(4-7(10)12)8-5-9(11(13)14)16-15-8/h2-5,11H,1H3,(H,15,16). The zero-order chi connectivity index (χ0) is 12.4. The molecule has 1 aromatic carbocycles. The summed E-state index contributed by atoms with van der Waals surface area (Å²) in [5.74, 6) is -0.468. The molecular weight excluding hydrogens is 233 g/mol. The number of halogens is 3. The van der Waals surface area contributed by atoms with Gasteiger partial charge in [-0.2, -0.15) is 5.10 Å². The Bertz CT molecular complexity index is 525. The van der Waals surface area contributed by atoms with Gasteiger partial charge in [-0.3, -0.25) is 5.10 Å². The second-order valence-electron chi connectivity index (χ2n) is 3.36. The highest BCUT2D eigenvalue weighted by Gasteiger charge is 2.13. The Morgan fingerprint density at radius 3 is 2.59 bits per heavy atom. The number of aromatic amines is 1. The van der Waals surface area contributed by atoms with Crippen molar-refractivity contribution in [2.45, 2.75) is 6.43 Å². The van der Waals surface area contributed by atoms with Crippen LogP contribution < -0.4 is 4.74 Å². The Balaban J connectivity index is 2.36. The van der Waals surface area contributed by atoms with E-state index >= 15 is 0 Å². The Morgan fingerprint density at radius 1 is 1.29 bits per heavy atom. The van der Waals surface area contributed by atoms with E-state index < -0.39 is 12.2 Å². The molecule has 0 fully saturated rings. The molecule has 1 heterocycles. The molecule has 3 nitrogen and oxygen atoms in total. The molecule has 1 N–H and O–H groups in total. The molecule has 0 radical (unpaired) electrons. The van der Waals surface area contributed by atoms with Crippen molar-refractivity contribution < 1.29 is 17.9 Å². The number of nitrogens with zero attached hydrogens (tertiary/aromatic N) is 1. The highest BCUT2D eigenvalue weighted by Crippen LogP contribution is 2.26. The summed E-state index contributed by atoms with van der Waals surface area (Å²) >= 11 is 0. The van der Waals surface area contributed by atoms with Crippen LogP contribution in [0, 0.1) is 5.82 Å². The van der Waals surface area contributed by atoms with Crippen molar-refractivity contribution in [1.29, 1.82) is 0 Å². The van der Waals surface area contributed by atoms with Crippen molar-refractivity contribution in [1.82, 2.24) is 10.2 Å². The molecule has 0 bridgehead atoms. The molecule has 0 saturated heterocycles. The van der Waals surface area contributed by atoms with Crippen LogP contribution in [0.2, 0.25) is 0 Å². The van der Waals surface area contributed by atoms with E-state index in [1.54, 1.807) is 6.07 Å². The predicted molar refractivity (Wildman–Crippen MR) is 55.5 cm³/mol. The molecule has 0 atom stereocenters. The molecule has 90 valence electrons. The molecule has 6 heteroatoms. The van der Waals surface area contributed by atoms with Crippen LogP contribution in [0.25, 0.3) is 11.3 Å². The van der Waals surface area contributed by atoms with Gasteiger partial charge in [-0.1, -0.05) is 0 Å². The topological polar surface area (TPSA) is 37.9 Å². The lowest BCUT2D eigenvalue weighted by Gasteiger charge is -2.02. The lowest BCUT2D eigenvalue weighted by atomic mass is 10.1. The summed E-state index contributed by atoms with van der Waals surface area (Å²) in [6.45, 7) is 0. The van der Waals surface area contributed by atoms with Gasteiger partial charge in [0.05, 0.1) is 12.8 Å². The summed E-state index contributed by atoms with van der Waals surface area (Å²) in [4.78, 5) is 0. The Labute approximate surface area is 95.2 Å². The van der Waals surface area contributed by atoms with Crippen molar-refractivity contribution in [2.75, 3.05) is 7.11 Å². The number of methoxy groups -OCH3 is 1. The van der Waals surface area contributed by atoms with E-state index in [0.717, 1.165) is 0 Å². The Morgan fingerprint density at radius 2 is 2.06 bits per heavy atom. The molecule has 0 aliphatic carbocycles. The number of alkyl halides is 2. The van der Waals surface area contributed by atoms with Crippen molar-refractivity contribution >= 4 is 0 Å². The van der Waals surface area contributed by atoms with Crippen LogP contribution in [-0.4, -0.2) is 17.3 Å². The molecule has 0 aliphatic rings. The van der Waals surface area contributed by atoms with Crippen LogP contribution in [0.4, 0.5) is 13.2 Å². The van der Waals surface area contributed by atoms with Crippen molar-refractivity contribution in [3.8, 4) is 17.0 Å². The van der Waals surface area contributed by atoms with E-state index in [1.165, 1.54) is 25.3 Å². The zero-order valence-corrected chi connectivity index (χ0v) is 8.88. The van der Waals surface area contributed by atoms with Crippen LogP contribution in [0.5, 0.6) is 5.75 Å². The Hall–Kier alpha value is -1.98. The third kappa shape index (κ3) is 2.25. The van der Waals surface area contributed by atoms with Gasteiger partial charge in [0.2, 0.25) is 0 Å². The van der Waals surface area contributed by atoms with Crippen molar-refractivity contribution in [3.63, 3.8) is 0 Å². The van der Waals surface area contributed by atoms with Gasteiger partial charge in [-0.15, -0.1) is 0 Å². The normalized spacial score (nSPS) is 10.9. The van der Waals surface area contributed by atoms with Gasteiger partial charge in [-0.25, -0.2) is 13.2 Å². The summed E-state index contributed by atoms with van der Waals surface area (Å²) in [7, 11) is 1.35. The maximum absolute atomic E-state index is 13.4. The molecule has 2 aromatic rings. The third-order valence-corrected chi connectivity index (χ3v) is 2.28. The van der Waals surface area contributed by atoms with E-state index in [0.29, 0.717) is 5.56 Å². The number of hydrogen-bond donors (Lipinski definition) is 1. The summed E-state index contributed by atoms with van der Waals surface area (Å²) in [6, 6.07) is 5.34. The first-order valence-corrected chi connectivity index (χ1v) is 4.79. The number of hydrogen-bond acceptors (Lipinski definition) is 2. The SMILES string of the molecule is COc1ccc(-c2cc(C(F)F)[nH]n2)cc1F. The monoisotopic (exact) mass is 242 g/mol. The summed E-state index contributed by atoms with van der Waals surface area (Å²) in [5, 5.41) is 5.89. The zero-order valence-electron chi connectivity index (χ0n) is 8.88. The first kappa shape index (κ1) is 11.5. The average Bonchev–Trinajstić information content (AvgIpc) is 2.78. The maximum atomic E-state index is 13.4. The summed E-state index contributed by atoms with van der Waals surface area (Å²) in [5.41, 5.74) is 0.379. The van der Waals surface area contributed by atoms with Gasteiger partial charge in [0.15, 0.2) is 11.6 Å². The van der Waals surface area contributed by atoms with Gasteiger partial charge in [-0.05, 0) is 24.3 Å². The Kier molecular flexibility index (Phi) is 3.03. The second kappa shape index (κ2) is 4.48. The first-order chi connectivity index (χ1) is 8.11. The predicted octanol–water partition coefficient (Wildman–Crippen LogP) is 3.16. The smallest absolute Gasteiger partial charge is 0.279 e. The fraction of sp³-hybridized carbons (Fsp3) is 0.182. The molecule has 1 aromatic heterocycles. The number of ether oxygens (including phenoxy) is 1. The molecule has 0 saturated carbocycles. The van der Waals surface area contributed by atoms with Crippen LogP contribution >= 0.6 is 0 Å². The first-order valence-electron chi connectivity index (χ1n) is 4.79. The van der Waals surface area contributed by atoms with Crippen LogP contribution in [0.1, 0.15) is 12.1 Å². The number of H-pyrrole nitrogens is 1. The average molecular weight is 242 g/mol. The number of rotatable bonds is 3. The van der Waals surface area contributed by atoms with Crippen LogP contribution in [0.3, 0.4) is 0 Å². The fourth-order valence-corrected chi connectivity index (χ4v) is 1.42. The van der Waals surface area contributed by atoms with E-state index in [2.05, 4.69) is 10.2 Å². The van der Waals surface area contributed by atoms with Crippen LogP contribution in [-0.2, 0) is 0 Å². The van der Waals surface area contributed by atoms with Gasteiger partial charge in [0, 0.05) is 5.56 Å². The molecule has 2 rings (SSSR count).